The maximum Gasteiger partial charge on any atom is 0.138 e. The minimum Gasteiger partial charge on any atom is -0.507 e. The van der Waals surface area contributed by atoms with Gasteiger partial charge in [0.1, 0.15) is 23.1 Å². The number of hydrogen-bond acceptors (Lipinski definition) is 7. The minimum absolute atomic E-state index is 0.122. The normalized spacial score (nSPS) is 11.2. The third kappa shape index (κ3) is 3.66. The molecule has 3 aromatic heterocycles. The molecule has 0 saturated carbocycles. The summed E-state index contributed by atoms with van der Waals surface area (Å²) in [5.74, 6) is 2.36. The highest BCUT2D eigenvalue weighted by Gasteiger charge is 2.23. The zero-order valence-electron chi connectivity index (χ0n) is 17.2. The van der Waals surface area contributed by atoms with Crippen LogP contribution in [0, 0.1) is 27.7 Å². The number of hydrogen-bond donors (Lipinski definition) is 2. The van der Waals surface area contributed by atoms with E-state index in [0.29, 0.717) is 23.7 Å². The first-order valence-corrected chi connectivity index (χ1v) is 9.83. The molecule has 0 radical (unpaired) electrons. The van der Waals surface area contributed by atoms with E-state index >= 15 is 0 Å². The molecule has 0 saturated heterocycles. The number of rotatable bonds is 6. The van der Waals surface area contributed by atoms with Gasteiger partial charge >= 0.3 is 0 Å². The second kappa shape index (κ2) is 7.87. The SMILES string of the molecule is Cc1noc(C)c1CN(Cc1c(C)noc1C)c1[nH]ncc1-c1cc(Cl)ccc1O. The zero-order chi connectivity index (χ0) is 21.4. The highest BCUT2D eigenvalue weighted by Crippen LogP contribution is 2.38. The Morgan fingerprint density at radius 1 is 0.967 bits per heavy atom. The lowest BCUT2D eigenvalue weighted by Crippen LogP contribution is -2.24. The molecule has 0 fully saturated rings. The summed E-state index contributed by atoms with van der Waals surface area (Å²) < 4.78 is 10.7. The van der Waals surface area contributed by atoms with Crippen LogP contribution in [-0.4, -0.2) is 25.6 Å². The van der Waals surface area contributed by atoms with Crippen molar-refractivity contribution < 1.29 is 14.2 Å². The lowest BCUT2D eigenvalue weighted by molar-refractivity contribution is 0.391. The van der Waals surface area contributed by atoms with Gasteiger partial charge in [0.25, 0.3) is 0 Å². The van der Waals surface area contributed by atoms with Crippen LogP contribution in [0.25, 0.3) is 11.1 Å². The molecule has 156 valence electrons. The standard InChI is InChI=1S/C21H22ClN5O3/c1-11-18(13(3)29-25-11)9-27(10-19-12(2)26-30-14(19)4)21-17(8-23-24-21)16-7-15(22)5-6-20(16)28/h5-8,28H,9-10H2,1-4H3,(H,23,24). The summed E-state index contributed by atoms with van der Waals surface area (Å²) in [6, 6.07) is 4.93. The fourth-order valence-corrected chi connectivity index (χ4v) is 3.66. The molecule has 0 aliphatic carbocycles. The van der Waals surface area contributed by atoms with Crippen LogP contribution in [0.1, 0.15) is 34.0 Å². The van der Waals surface area contributed by atoms with Gasteiger partial charge in [-0.1, -0.05) is 21.9 Å². The molecule has 2 N–H and O–H groups in total. The van der Waals surface area contributed by atoms with E-state index in [1.165, 1.54) is 0 Å². The van der Waals surface area contributed by atoms with Gasteiger partial charge < -0.3 is 19.1 Å². The average molecular weight is 428 g/mol. The van der Waals surface area contributed by atoms with Crippen molar-refractivity contribution in [2.24, 2.45) is 0 Å². The predicted octanol–water partition coefficient (Wildman–Crippen LogP) is 4.85. The van der Waals surface area contributed by atoms with Crippen LogP contribution in [0.5, 0.6) is 5.75 Å². The van der Waals surface area contributed by atoms with Crippen LogP contribution < -0.4 is 4.90 Å². The van der Waals surface area contributed by atoms with Gasteiger partial charge in [-0.05, 0) is 45.9 Å². The van der Waals surface area contributed by atoms with Crippen molar-refractivity contribution in [1.29, 1.82) is 0 Å². The van der Waals surface area contributed by atoms with E-state index in [1.807, 2.05) is 27.7 Å². The van der Waals surface area contributed by atoms with Gasteiger partial charge in [-0.2, -0.15) is 5.10 Å². The molecule has 4 rings (SSSR count). The van der Waals surface area contributed by atoms with Gasteiger partial charge in [0.15, 0.2) is 0 Å². The van der Waals surface area contributed by atoms with Gasteiger partial charge in [0.05, 0.1) is 30.7 Å². The van der Waals surface area contributed by atoms with Gasteiger partial charge in [0, 0.05) is 27.3 Å². The number of aryl methyl sites for hydroxylation is 4. The zero-order valence-corrected chi connectivity index (χ0v) is 17.9. The number of H-pyrrole nitrogens is 1. The van der Waals surface area contributed by atoms with Crippen molar-refractivity contribution in [2.75, 3.05) is 4.90 Å². The summed E-state index contributed by atoms with van der Waals surface area (Å²) in [5, 5.41) is 26.4. The first kappa shape index (κ1) is 20.0. The summed E-state index contributed by atoms with van der Waals surface area (Å²) in [4.78, 5) is 2.10. The van der Waals surface area contributed by atoms with Crippen LogP contribution >= 0.6 is 11.6 Å². The van der Waals surface area contributed by atoms with E-state index in [0.717, 1.165) is 45.4 Å². The summed E-state index contributed by atoms with van der Waals surface area (Å²) in [7, 11) is 0. The molecule has 0 amide bonds. The summed E-state index contributed by atoms with van der Waals surface area (Å²) in [6.45, 7) is 8.64. The minimum atomic E-state index is 0.122. The number of aromatic hydroxyl groups is 1. The van der Waals surface area contributed by atoms with Crippen LogP contribution in [0.2, 0.25) is 5.02 Å². The molecule has 1 aromatic carbocycles. The summed E-state index contributed by atoms with van der Waals surface area (Å²) in [5.41, 5.74) is 4.93. The Kier molecular flexibility index (Phi) is 5.26. The maximum absolute atomic E-state index is 10.4. The van der Waals surface area contributed by atoms with Crippen molar-refractivity contribution in [1.82, 2.24) is 20.5 Å². The molecule has 9 heteroatoms. The molecule has 30 heavy (non-hydrogen) atoms. The van der Waals surface area contributed by atoms with Gasteiger partial charge in [-0.15, -0.1) is 0 Å². The number of nitrogens with zero attached hydrogens (tertiary/aromatic N) is 4. The largest absolute Gasteiger partial charge is 0.507 e. The third-order valence-corrected chi connectivity index (χ3v) is 5.48. The topological polar surface area (TPSA) is 104 Å². The molecule has 8 nitrogen and oxygen atoms in total. The Bertz CT molecular complexity index is 1110. The molecule has 0 unspecified atom stereocenters. The van der Waals surface area contributed by atoms with E-state index in [2.05, 4.69) is 25.4 Å². The molecular weight excluding hydrogens is 406 g/mol. The molecule has 0 atom stereocenters. The van der Waals surface area contributed by atoms with Crippen molar-refractivity contribution in [3.8, 4) is 16.9 Å². The van der Waals surface area contributed by atoms with Gasteiger partial charge in [-0.3, -0.25) is 5.10 Å². The second-order valence-corrected chi connectivity index (χ2v) is 7.69. The van der Waals surface area contributed by atoms with Crippen molar-refractivity contribution in [2.45, 2.75) is 40.8 Å². The fourth-order valence-electron chi connectivity index (χ4n) is 3.49. The molecule has 0 bridgehead atoms. The van der Waals surface area contributed by atoms with Gasteiger partial charge in [0.2, 0.25) is 0 Å². The maximum atomic E-state index is 10.4. The number of aromatic amines is 1. The van der Waals surface area contributed by atoms with E-state index in [9.17, 15) is 5.11 Å². The lowest BCUT2D eigenvalue weighted by Gasteiger charge is -2.24. The summed E-state index contributed by atoms with van der Waals surface area (Å²) in [6.07, 6.45) is 1.67. The average Bonchev–Trinajstić information content (AvgIpc) is 3.40. The Morgan fingerprint density at radius 2 is 1.57 bits per heavy atom. The molecule has 4 aromatic rings. The van der Waals surface area contributed by atoms with Gasteiger partial charge in [-0.25, -0.2) is 0 Å². The number of anilines is 1. The smallest absolute Gasteiger partial charge is 0.138 e. The molecule has 0 aliphatic rings. The van der Waals surface area contributed by atoms with E-state index in [1.54, 1.807) is 24.4 Å². The highest BCUT2D eigenvalue weighted by molar-refractivity contribution is 6.31. The summed E-state index contributed by atoms with van der Waals surface area (Å²) >= 11 is 6.18. The molecular formula is C21H22ClN5O3. The number of halogens is 1. The molecule has 3 heterocycles. The van der Waals surface area contributed by atoms with Crippen LogP contribution in [0.4, 0.5) is 5.82 Å². The molecule has 0 aliphatic heterocycles. The van der Waals surface area contributed by atoms with Crippen molar-refractivity contribution in [3.05, 3.63) is 63.5 Å². The van der Waals surface area contributed by atoms with Crippen molar-refractivity contribution in [3.63, 3.8) is 0 Å². The Hall–Kier alpha value is -3.26. The second-order valence-electron chi connectivity index (χ2n) is 7.26. The monoisotopic (exact) mass is 427 g/mol. The Balaban J connectivity index is 1.81. The van der Waals surface area contributed by atoms with Crippen molar-refractivity contribution >= 4 is 17.4 Å². The van der Waals surface area contributed by atoms with Crippen LogP contribution in [0.3, 0.4) is 0 Å². The lowest BCUT2D eigenvalue weighted by atomic mass is 10.1. The van der Waals surface area contributed by atoms with E-state index in [-0.39, 0.29) is 5.75 Å². The van der Waals surface area contributed by atoms with E-state index in [4.69, 9.17) is 20.6 Å². The number of phenolic OH excluding ortho intramolecular Hbond substituents is 1. The highest BCUT2D eigenvalue weighted by atomic mass is 35.5. The first-order valence-electron chi connectivity index (χ1n) is 9.45. The Labute approximate surface area is 178 Å². The fraction of sp³-hybridized carbons (Fsp3) is 0.286. The first-order chi connectivity index (χ1) is 14.3. The number of benzene rings is 1. The third-order valence-electron chi connectivity index (χ3n) is 5.24. The molecule has 0 spiro atoms. The number of nitrogens with one attached hydrogen (secondary N) is 1. The van der Waals surface area contributed by atoms with Crippen LogP contribution in [-0.2, 0) is 13.1 Å². The number of aromatic nitrogens is 4. The van der Waals surface area contributed by atoms with Crippen LogP contribution in [0.15, 0.2) is 33.4 Å². The quantitative estimate of drug-likeness (QED) is 0.453. The number of phenols is 1. The Morgan fingerprint density at radius 3 is 2.10 bits per heavy atom. The predicted molar refractivity (Wildman–Crippen MR) is 113 cm³/mol. The van der Waals surface area contributed by atoms with E-state index < -0.39 is 0 Å².